The van der Waals surface area contributed by atoms with Gasteiger partial charge in [0.05, 0.1) is 6.61 Å². The first-order valence-corrected chi connectivity index (χ1v) is 11.2. The molecule has 5 heteroatoms. The summed E-state index contributed by atoms with van der Waals surface area (Å²) in [6.07, 6.45) is -0.790. The first kappa shape index (κ1) is 21.9. The number of hydrogen-bond donors (Lipinski definition) is 1. The molecular weight excluding hydrogens is 420 g/mol. The standard InChI is InChI=1S/C27H24O4S/c1-18(2)27(29)31-21(16-28)17-30-26-23-13-7-6-9-19(23)15-20-10-8-14-24(25(20)26)32-22-11-4-3-5-12-22/h3-15,21,28H,1,16-17H2,2H3. The van der Waals surface area contributed by atoms with Crippen LogP contribution in [0.4, 0.5) is 0 Å². The number of ether oxygens (including phenoxy) is 2. The van der Waals surface area contributed by atoms with Crippen LogP contribution < -0.4 is 4.74 Å². The average molecular weight is 445 g/mol. The quantitative estimate of drug-likeness (QED) is 0.205. The van der Waals surface area contributed by atoms with E-state index in [1.165, 1.54) is 0 Å². The molecule has 4 rings (SSSR count). The molecule has 4 aromatic carbocycles. The molecule has 0 radical (unpaired) electrons. The Balaban J connectivity index is 1.77. The number of benzene rings is 4. The van der Waals surface area contributed by atoms with Gasteiger partial charge < -0.3 is 14.6 Å². The monoisotopic (exact) mass is 444 g/mol. The van der Waals surface area contributed by atoms with Crippen molar-refractivity contribution in [3.05, 3.63) is 91.0 Å². The number of fused-ring (bicyclic) bond motifs is 2. The maximum atomic E-state index is 11.9. The molecule has 32 heavy (non-hydrogen) atoms. The number of aliphatic hydroxyl groups is 1. The highest BCUT2D eigenvalue weighted by molar-refractivity contribution is 7.99. The number of carbonyl (C=O) groups is 1. The lowest BCUT2D eigenvalue weighted by Crippen LogP contribution is -2.28. The first-order chi connectivity index (χ1) is 15.6. The summed E-state index contributed by atoms with van der Waals surface area (Å²) in [6, 6.07) is 26.5. The zero-order valence-electron chi connectivity index (χ0n) is 17.8. The normalized spacial score (nSPS) is 11.9. The van der Waals surface area contributed by atoms with Crippen molar-refractivity contribution in [3.8, 4) is 5.75 Å². The van der Waals surface area contributed by atoms with Gasteiger partial charge in [-0.15, -0.1) is 0 Å². The van der Waals surface area contributed by atoms with Crippen LogP contribution >= 0.6 is 11.8 Å². The third-order valence-electron chi connectivity index (χ3n) is 5.01. The minimum Gasteiger partial charge on any atom is -0.488 e. The lowest BCUT2D eigenvalue weighted by Gasteiger charge is -2.20. The second-order valence-electron chi connectivity index (χ2n) is 7.50. The Hall–Kier alpha value is -3.28. The fourth-order valence-electron chi connectivity index (χ4n) is 3.45. The molecule has 0 saturated heterocycles. The van der Waals surface area contributed by atoms with Crippen molar-refractivity contribution in [2.45, 2.75) is 22.8 Å². The second kappa shape index (κ2) is 9.90. The molecule has 0 spiro atoms. The third-order valence-corrected chi connectivity index (χ3v) is 6.08. The summed E-state index contributed by atoms with van der Waals surface area (Å²) in [4.78, 5) is 14.1. The van der Waals surface area contributed by atoms with Gasteiger partial charge in [0.25, 0.3) is 0 Å². The Kier molecular flexibility index (Phi) is 6.78. The van der Waals surface area contributed by atoms with Crippen molar-refractivity contribution in [1.82, 2.24) is 0 Å². The summed E-state index contributed by atoms with van der Waals surface area (Å²) in [5, 5.41) is 13.8. The molecule has 0 saturated carbocycles. The maximum Gasteiger partial charge on any atom is 0.333 e. The largest absolute Gasteiger partial charge is 0.488 e. The van der Waals surface area contributed by atoms with E-state index in [-0.39, 0.29) is 18.8 Å². The van der Waals surface area contributed by atoms with Gasteiger partial charge in [-0.25, -0.2) is 4.79 Å². The van der Waals surface area contributed by atoms with Crippen LogP contribution in [0.1, 0.15) is 6.92 Å². The summed E-state index contributed by atoms with van der Waals surface area (Å²) in [5.74, 6) is 0.165. The van der Waals surface area contributed by atoms with Crippen LogP contribution in [0.2, 0.25) is 0 Å². The van der Waals surface area contributed by atoms with Gasteiger partial charge in [-0.2, -0.15) is 0 Å². The molecule has 1 atom stereocenters. The second-order valence-corrected chi connectivity index (χ2v) is 8.61. The van der Waals surface area contributed by atoms with Gasteiger partial charge in [-0.05, 0) is 42.0 Å². The highest BCUT2D eigenvalue weighted by atomic mass is 32.2. The van der Waals surface area contributed by atoms with Crippen molar-refractivity contribution < 1.29 is 19.4 Å². The van der Waals surface area contributed by atoms with Crippen LogP contribution in [0.3, 0.4) is 0 Å². The fourth-order valence-corrected chi connectivity index (χ4v) is 4.45. The van der Waals surface area contributed by atoms with E-state index in [4.69, 9.17) is 9.47 Å². The molecule has 0 aliphatic carbocycles. The summed E-state index contributed by atoms with van der Waals surface area (Å²) in [7, 11) is 0. The van der Waals surface area contributed by atoms with E-state index in [9.17, 15) is 9.90 Å². The molecule has 0 heterocycles. The molecule has 0 amide bonds. The molecule has 0 fully saturated rings. The van der Waals surface area contributed by atoms with E-state index < -0.39 is 12.1 Å². The molecule has 1 unspecified atom stereocenters. The smallest absolute Gasteiger partial charge is 0.333 e. The minimum atomic E-state index is -0.790. The minimum absolute atomic E-state index is 0.0307. The molecule has 0 aliphatic rings. The number of hydrogen-bond acceptors (Lipinski definition) is 5. The van der Waals surface area contributed by atoms with Gasteiger partial charge in [-0.1, -0.05) is 72.9 Å². The fraction of sp³-hybridized carbons (Fsp3) is 0.148. The molecule has 4 aromatic rings. The van der Waals surface area contributed by atoms with Crippen molar-refractivity contribution in [2.75, 3.05) is 13.2 Å². The van der Waals surface area contributed by atoms with E-state index in [0.29, 0.717) is 5.75 Å². The summed E-state index contributed by atoms with van der Waals surface area (Å²) in [6.45, 7) is 4.86. The average Bonchev–Trinajstić information content (AvgIpc) is 2.81. The number of esters is 1. The van der Waals surface area contributed by atoms with Crippen LogP contribution in [0, 0.1) is 0 Å². The SMILES string of the molecule is C=C(C)C(=O)OC(CO)COc1c2ccccc2cc2cccc(Sc3ccccc3)c12. The third kappa shape index (κ3) is 4.79. The van der Waals surface area contributed by atoms with Crippen molar-refractivity contribution in [2.24, 2.45) is 0 Å². The molecular formula is C27H24O4S. The Labute approximate surface area is 191 Å². The first-order valence-electron chi connectivity index (χ1n) is 10.3. The van der Waals surface area contributed by atoms with Gasteiger partial charge in [0, 0.05) is 26.1 Å². The Morgan fingerprint density at radius 2 is 1.72 bits per heavy atom. The van der Waals surface area contributed by atoms with Crippen LogP contribution in [0.25, 0.3) is 21.5 Å². The number of aliphatic hydroxyl groups excluding tert-OH is 1. The van der Waals surface area contributed by atoms with E-state index >= 15 is 0 Å². The molecule has 0 aromatic heterocycles. The van der Waals surface area contributed by atoms with Crippen LogP contribution in [0.15, 0.2) is 101 Å². The van der Waals surface area contributed by atoms with Gasteiger partial charge in [-0.3, -0.25) is 0 Å². The molecule has 0 aliphatic heterocycles. The predicted molar refractivity (Wildman–Crippen MR) is 129 cm³/mol. The van der Waals surface area contributed by atoms with E-state index in [1.54, 1.807) is 18.7 Å². The molecule has 1 N–H and O–H groups in total. The topological polar surface area (TPSA) is 55.8 Å². The Morgan fingerprint density at radius 1 is 1.00 bits per heavy atom. The highest BCUT2D eigenvalue weighted by Gasteiger charge is 2.18. The van der Waals surface area contributed by atoms with Crippen molar-refractivity contribution in [1.29, 1.82) is 0 Å². The van der Waals surface area contributed by atoms with Gasteiger partial charge in [0.15, 0.2) is 6.10 Å². The van der Waals surface area contributed by atoms with Crippen molar-refractivity contribution in [3.63, 3.8) is 0 Å². The van der Waals surface area contributed by atoms with Crippen LogP contribution in [-0.2, 0) is 9.53 Å². The van der Waals surface area contributed by atoms with Crippen LogP contribution in [0.5, 0.6) is 5.75 Å². The summed E-state index contributed by atoms with van der Waals surface area (Å²) >= 11 is 1.67. The van der Waals surface area contributed by atoms with E-state index in [2.05, 4.69) is 36.9 Å². The van der Waals surface area contributed by atoms with Gasteiger partial charge >= 0.3 is 5.97 Å². The van der Waals surface area contributed by atoms with E-state index in [0.717, 1.165) is 31.3 Å². The lowest BCUT2D eigenvalue weighted by molar-refractivity contribution is -0.147. The van der Waals surface area contributed by atoms with Gasteiger partial charge in [0.1, 0.15) is 12.4 Å². The summed E-state index contributed by atoms with van der Waals surface area (Å²) in [5.41, 5.74) is 0.278. The van der Waals surface area contributed by atoms with E-state index in [1.807, 2.05) is 48.5 Å². The highest BCUT2D eigenvalue weighted by Crippen LogP contribution is 2.42. The number of rotatable bonds is 8. The Bertz CT molecular complexity index is 1270. The van der Waals surface area contributed by atoms with Crippen molar-refractivity contribution >= 4 is 39.3 Å². The number of carbonyl (C=O) groups excluding carboxylic acids is 1. The molecule has 0 bridgehead atoms. The molecule has 162 valence electrons. The maximum absolute atomic E-state index is 11.9. The molecule has 4 nitrogen and oxygen atoms in total. The Morgan fingerprint density at radius 3 is 2.47 bits per heavy atom. The van der Waals surface area contributed by atoms with Crippen LogP contribution in [-0.4, -0.2) is 30.4 Å². The zero-order valence-corrected chi connectivity index (χ0v) is 18.6. The lowest BCUT2D eigenvalue weighted by atomic mass is 10.0. The summed E-state index contributed by atoms with van der Waals surface area (Å²) < 4.78 is 11.6. The zero-order chi connectivity index (χ0) is 22.5. The predicted octanol–water partition coefficient (Wildman–Crippen LogP) is 6.00. The van der Waals surface area contributed by atoms with Gasteiger partial charge in [0.2, 0.25) is 0 Å².